The molecular weight excluding hydrogens is 271 g/mol. The fourth-order valence-electron chi connectivity index (χ4n) is 0.520. The third kappa shape index (κ3) is 10.6. The minimum Gasteiger partial charge on any atom is -0.478 e. The molecule has 0 aliphatic carbocycles. The molecule has 8 heteroatoms. The zero-order chi connectivity index (χ0) is 12.6. The molecule has 0 saturated carbocycles. The number of H-pyrrole nitrogens is 1. The van der Waals surface area contributed by atoms with Crippen molar-refractivity contribution in [1.82, 2.24) is 9.97 Å². The van der Waals surface area contributed by atoms with Gasteiger partial charge < -0.3 is 20.3 Å². The first-order chi connectivity index (χ1) is 7.43. The van der Waals surface area contributed by atoms with Crippen LogP contribution >= 0.6 is 0 Å². The van der Waals surface area contributed by atoms with Crippen molar-refractivity contribution >= 4 is 18.0 Å². The molecule has 1 aromatic rings. The van der Waals surface area contributed by atoms with Gasteiger partial charge in [0.15, 0.2) is 0 Å². The van der Waals surface area contributed by atoms with E-state index in [0.717, 1.165) is 6.08 Å². The molecule has 95 valence electrons. The van der Waals surface area contributed by atoms with Crippen LogP contribution in [0.4, 0.5) is 0 Å². The van der Waals surface area contributed by atoms with Crippen LogP contribution in [0.2, 0.25) is 0 Å². The number of aliphatic carboxylic acids is 2. The average Bonchev–Trinajstić information content (AvgIpc) is 2.67. The van der Waals surface area contributed by atoms with Crippen LogP contribution in [0.3, 0.4) is 0 Å². The summed E-state index contributed by atoms with van der Waals surface area (Å²) in [4.78, 5) is 26.0. The Morgan fingerprint density at radius 3 is 2.35 bits per heavy atom. The number of carboxylic acids is 2. The second-order valence-corrected chi connectivity index (χ2v) is 2.73. The maximum Gasteiger partial charge on any atom is 0.383 e. The van der Waals surface area contributed by atoms with E-state index < -0.39 is 18.0 Å². The molecular formula is C9H13MnN2O5+. The maximum atomic E-state index is 9.97. The van der Waals surface area contributed by atoms with Crippen molar-refractivity contribution < 1.29 is 42.0 Å². The number of rotatable bonds is 3. The van der Waals surface area contributed by atoms with E-state index in [9.17, 15) is 9.59 Å². The Balaban J connectivity index is 0. The van der Waals surface area contributed by atoms with Crippen LogP contribution in [0.25, 0.3) is 6.08 Å². The van der Waals surface area contributed by atoms with E-state index >= 15 is 0 Å². The predicted molar refractivity (Wildman–Crippen MR) is 56.0 cm³/mol. The number of carboxylic acid groups (broad SMARTS) is 2. The molecule has 5 N–H and O–H groups in total. The van der Waals surface area contributed by atoms with Gasteiger partial charge in [-0.2, -0.15) is 0 Å². The molecule has 17 heavy (non-hydrogen) atoms. The standard InChI is InChI=1S/C6H6N2O2.C3H6O3.Mn/c9-6(10)2-1-5-3-7-4-8-5;1-2(4)3(5)6;/h1-4H,(H,7,8)(H,9,10);2,4H,1H3,(H,5,6);/p+1/b2-1-;;. The molecule has 7 nitrogen and oxygen atoms in total. The fraction of sp³-hybridized carbons (Fsp3) is 0.222. The van der Waals surface area contributed by atoms with E-state index in [0.29, 0.717) is 5.69 Å². The zero-order valence-electron chi connectivity index (χ0n) is 8.92. The SMILES string of the molecule is CC([OH2+])C(=O)O.O=C(O)/C=C\c1c[nH]cn1.[Mn]. The smallest absolute Gasteiger partial charge is 0.383 e. The summed E-state index contributed by atoms with van der Waals surface area (Å²) in [6, 6.07) is 0. The Kier molecular flexibility index (Phi) is 10.0. The molecule has 0 fully saturated rings. The fourth-order valence-corrected chi connectivity index (χ4v) is 0.520. The summed E-state index contributed by atoms with van der Waals surface area (Å²) in [5.41, 5.74) is 0.613. The van der Waals surface area contributed by atoms with E-state index in [1.165, 1.54) is 19.3 Å². The largest absolute Gasteiger partial charge is 0.478 e. The molecule has 0 spiro atoms. The first-order valence-electron chi connectivity index (χ1n) is 4.27. The maximum absolute atomic E-state index is 9.97. The van der Waals surface area contributed by atoms with Gasteiger partial charge in [0.1, 0.15) is 0 Å². The Labute approximate surface area is 108 Å². The zero-order valence-corrected chi connectivity index (χ0v) is 10.1. The molecule has 1 unspecified atom stereocenters. The van der Waals surface area contributed by atoms with Crippen molar-refractivity contribution in [2.45, 2.75) is 13.0 Å². The third-order valence-electron chi connectivity index (χ3n) is 1.29. The summed E-state index contributed by atoms with van der Waals surface area (Å²) < 4.78 is 0. The molecule has 1 atom stereocenters. The number of nitrogens with zero attached hydrogens (tertiary/aromatic N) is 1. The van der Waals surface area contributed by atoms with Crippen molar-refractivity contribution in [3.63, 3.8) is 0 Å². The Hall–Kier alpha value is -1.63. The normalized spacial score (nSPS) is 10.9. The van der Waals surface area contributed by atoms with Crippen molar-refractivity contribution in [2.75, 3.05) is 0 Å². The molecule has 0 bridgehead atoms. The molecule has 1 heterocycles. The second-order valence-electron chi connectivity index (χ2n) is 2.73. The molecule has 0 amide bonds. The summed E-state index contributed by atoms with van der Waals surface area (Å²) in [7, 11) is 0. The topological polar surface area (TPSA) is 126 Å². The molecule has 1 rings (SSSR count). The van der Waals surface area contributed by atoms with Gasteiger partial charge in [-0.15, -0.1) is 0 Å². The van der Waals surface area contributed by atoms with Crippen molar-refractivity contribution in [2.24, 2.45) is 0 Å². The summed E-state index contributed by atoms with van der Waals surface area (Å²) in [6.07, 6.45) is 4.57. The number of hydrogen-bond acceptors (Lipinski definition) is 3. The van der Waals surface area contributed by atoms with Crippen LogP contribution in [0, 0.1) is 0 Å². The van der Waals surface area contributed by atoms with Gasteiger partial charge in [-0.05, 0) is 6.08 Å². The van der Waals surface area contributed by atoms with Gasteiger partial charge >= 0.3 is 11.9 Å². The molecule has 1 radical (unpaired) electrons. The summed E-state index contributed by atoms with van der Waals surface area (Å²) >= 11 is 0. The number of hydrogen-bond donors (Lipinski definition) is 3. The van der Waals surface area contributed by atoms with Gasteiger partial charge in [-0.3, -0.25) is 0 Å². The van der Waals surface area contributed by atoms with E-state index in [4.69, 9.17) is 15.3 Å². The van der Waals surface area contributed by atoms with Crippen LogP contribution in [0.15, 0.2) is 18.6 Å². The summed E-state index contributed by atoms with van der Waals surface area (Å²) in [5, 5.41) is 22.4. The summed E-state index contributed by atoms with van der Waals surface area (Å²) in [5.74, 6) is -2.04. The molecule has 0 aliphatic heterocycles. The van der Waals surface area contributed by atoms with Gasteiger partial charge in [-0.25, -0.2) is 14.6 Å². The van der Waals surface area contributed by atoms with Gasteiger partial charge in [0.25, 0.3) is 0 Å². The van der Waals surface area contributed by atoms with Gasteiger partial charge in [0, 0.05) is 36.3 Å². The molecule has 0 aromatic carbocycles. The van der Waals surface area contributed by atoms with E-state index in [-0.39, 0.29) is 17.1 Å². The average molecular weight is 284 g/mol. The number of nitrogens with one attached hydrogen (secondary N) is 1. The van der Waals surface area contributed by atoms with E-state index in [1.54, 1.807) is 6.20 Å². The van der Waals surface area contributed by atoms with Crippen LogP contribution in [0.1, 0.15) is 12.6 Å². The van der Waals surface area contributed by atoms with Gasteiger partial charge in [0.05, 0.1) is 12.0 Å². The molecule has 0 saturated heterocycles. The predicted octanol–water partition coefficient (Wildman–Crippen LogP) is -0.311. The van der Waals surface area contributed by atoms with Crippen molar-refractivity contribution in [1.29, 1.82) is 0 Å². The van der Waals surface area contributed by atoms with Crippen LogP contribution in [0.5, 0.6) is 0 Å². The third-order valence-corrected chi connectivity index (χ3v) is 1.29. The molecule has 1 aromatic heterocycles. The Morgan fingerprint density at radius 2 is 2.06 bits per heavy atom. The van der Waals surface area contributed by atoms with E-state index in [2.05, 4.69) is 9.97 Å². The van der Waals surface area contributed by atoms with Crippen molar-refractivity contribution in [3.8, 4) is 0 Å². The van der Waals surface area contributed by atoms with Crippen LogP contribution in [-0.2, 0) is 26.7 Å². The number of carbonyl (C=O) groups is 2. The second kappa shape index (κ2) is 9.59. The Bertz CT molecular complexity index is 361. The monoisotopic (exact) mass is 284 g/mol. The van der Waals surface area contributed by atoms with Gasteiger partial charge in [-0.1, -0.05) is 0 Å². The number of aromatic amines is 1. The minimum absolute atomic E-state index is 0. The Morgan fingerprint density at radius 1 is 1.53 bits per heavy atom. The van der Waals surface area contributed by atoms with Gasteiger partial charge in [0.2, 0.25) is 6.10 Å². The van der Waals surface area contributed by atoms with Crippen LogP contribution < -0.4 is 0 Å². The molecule has 0 aliphatic rings. The van der Waals surface area contributed by atoms with E-state index in [1.807, 2.05) is 0 Å². The quantitative estimate of drug-likeness (QED) is 0.398. The first-order valence-corrected chi connectivity index (χ1v) is 4.27. The number of imidazole rings is 1. The summed E-state index contributed by atoms with van der Waals surface area (Å²) in [6.45, 7) is 1.31. The number of aromatic nitrogens is 2. The van der Waals surface area contributed by atoms with Crippen LogP contribution in [-0.4, -0.2) is 43.3 Å². The first kappa shape index (κ1) is 17.8. The minimum atomic E-state index is -1.07. The van der Waals surface area contributed by atoms with Crippen molar-refractivity contribution in [3.05, 3.63) is 24.3 Å².